The maximum Gasteiger partial charge on any atom is 0.144 e. The minimum absolute atomic E-state index is 0.156. The van der Waals surface area contributed by atoms with Gasteiger partial charge >= 0.3 is 0 Å². The van der Waals surface area contributed by atoms with Crippen molar-refractivity contribution >= 4 is 37.6 Å². The maximum atomic E-state index is 12.4. The highest BCUT2D eigenvalue weighted by Gasteiger charge is 2.57. The lowest BCUT2D eigenvalue weighted by Crippen LogP contribution is -2.51. The topological polar surface area (TPSA) is 26.3 Å². The smallest absolute Gasteiger partial charge is 0.144 e. The summed E-state index contributed by atoms with van der Waals surface area (Å²) in [6.45, 7) is 7.08. The second kappa shape index (κ2) is 7.29. The number of Topliss-reactive ketones (excluding diaryl/α,β-unsaturated/α-hetero) is 1. The van der Waals surface area contributed by atoms with Gasteiger partial charge in [0.25, 0.3) is 0 Å². The van der Waals surface area contributed by atoms with E-state index in [0.717, 1.165) is 9.32 Å². The van der Waals surface area contributed by atoms with E-state index in [0.29, 0.717) is 29.9 Å². The molecule has 3 rings (SSSR count). The van der Waals surface area contributed by atoms with Crippen LogP contribution in [0.5, 0.6) is 5.75 Å². The molecule has 2 unspecified atom stereocenters. The van der Waals surface area contributed by atoms with Gasteiger partial charge in [-0.1, -0.05) is 37.6 Å². The van der Waals surface area contributed by atoms with Crippen molar-refractivity contribution in [3.05, 3.63) is 51.1 Å². The van der Waals surface area contributed by atoms with E-state index in [9.17, 15) is 4.79 Å². The number of hydrogen-bond acceptors (Lipinski definition) is 2. The fraction of sp³-hybridized carbons (Fsp3) is 0.450. The molecule has 1 aromatic carbocycles. The number of allylic oxidation sites excluding steroid dienone is 3. The summed E-state index contributed by atoms with van der Waals surface area (Å²) < 4.78 is 6.95. The number of ketones is 1. The molecular formula is C20H24IO2P. The quantitative estimate of drug-likeness (QED) is 0.468. The van der Waals surface area contributed by atoms with Crippen LogP contribution in [0.15, 0.2) is 47.6 Å². The van der Waals surface area contributed by atoms with Gasteiger partial charge in [0.2, 0.25) is 0 Å². The molecule has 24 heavy (non-hydrogen) atoms. The standard InChI is InChI=1S/C20H24IO2P/c1-11-14(7-6-10-23-16-9-5-4-8-15(16)21)12(2)18-17(11)19(13(3)24)20(18)22/h4-9,11,13,17-19H,10,24H2,1-3H3/b7-6+/t11-,13+,17-,18?,19+/m0/s1. The first-order valence-corrected chi connectivity index (χ1v) is 10.2. The van der Waals surface area contributed by atoms with Crippen molar-refractivity contribution in [2.24, 2.45) is 23.7 Å². The second-order valence-electron chi connectivity index (χ2n) is 6.91. The number of carbonyl (C=O) groups excluding carboxylic acids is 1. The van der Waals surface area contributed by atoms with Crippen LogP contribution in [-0.4, -0.2) is 18.0 Å². The van der Waals surface area contributed by atoms with Crippen LogP contribution in [0.3, 0.4) is 0 Å². The summed E-state index contributed by atoms with van der Waals surface area (Å²) in [4.78, 5) is 12.4. The molecule has 2 aliphatic carbocycles. The summed E-state index contributed by atoms with van der Waals surface area (Å²) in [7, 11) is 2.81. The first-order chi connectivity index (χ1) is 11.4. The van der Waals surface area contributed by atoms with Crippen molar-refractivity contribution in [3.63, 3.8) is 0 Å². The number of fused-ring (bicyclic) bond motifs is 1. The molecule has 2 nitrogen and oxygen atoms in total. The molecule has 0 N–H and O–H groups in total. The molecule has 0 bridgehead atoms. The Kier molecular flexibility index (Phi) is 5.51. The van der Waals surface area contributed by atoms with Gasteiger partial charge in [0.05, 0.1) is 3.57 Å². The molecule has 0 aromatic heterocycles. The van der Waals surface area contributed by atoms with E-state index >= 15 is 0 Å². The van der Waals surface area contributed by atoms with Crippen molar-refractivity contribution < 1.29 is 9.53 Å². The maximum absolute atomic E-state index is 12.4. The van der Waals surface area contributed by atoms with Crippen LogP contribution in [0.1, 0.15) is 20.8 Å². The Morgan fingerprint density at radius 1 is 1.38 bits per heavy atom. The largest absolute Gasteiger partial charge is 0.488 e. The summed E-state index contributed by atoms with van der Waals surface area (Å²) in [6.07, 6.45) is 4.25. The number of para-hydroxylation sites is 1. The van der Waals surface area contributed by atoms with Gasteiger partial charge in [0, 0.05) is 11.8 Å². The van der Waals surface area contributed by atoms with Gasteiger partial charge in [-0.25, -0.2) is 0 Å². The Hall–Kier alpha value is -0.670. The number of benzene rings is 1. The molecule has 0 radical (unpaired) electrons. The number of hydrogen-bond donors (Lipinski definition) is 0. The zero-order valence-corrected chi connectivity index (χ0v) is 17.6. The third-order valence-corrected chi connectivity index (χ3v) is 6.77. The number of ether oxygens (including phenoxy) is 1. The van der Waals surface area contributed by atoms with Crippen LogP contribution in [0.2, 0.25) is 0 Å². The summed E-state index contributed by atoms with van der Waals surface area (Å²) in [6, 6.07) is 8.02. The molecule has 1 fully saturated rings. The van der Waals surface area contributed by atoms with E-state index in [2.05, 4.69) is 64.8 Å². The lowest BCUT2D eigenvalue weighted by molar-refractivity contribution is -0.140. The number of rotatable bonds is 5. The van der Waals surface area contributed by atoms with Gasteiger partial charge < -0.3 is 4.74 Å². The average molecular weight is 454 g/mol. The highest BCUT2D eigenvalue weighted by Crippen LogP contribution is 2.56. The third kappa shape index (κ3) is 3.10. The number of halogens is 1. The third-order valence-electron chi connectivity index (χ3n) is 5.46. The van der Waals surface area contributed by atoms with Crippen molar-refractivity contribution in [1.82, 2.24) is 0 Å². The molecule has 128 valence electrons. The summed E-state index contributed by atoms with van der Waals surface area (Å²) in [5, 5.41) is 0. The molecule has 0 saturated heterocycles. The summed E-state index contributed by atoms with van der Waals surface area (Å²) in [5.41, 5.74) is 2.96. The summed E-state index contributed by atoms with van der Waals surface area (Å²) >= 11 is 2.28. The van der Waals surface area contributed by atoms with E-state index in [1.54, 1.807) is 0 Å². The molecule has 6 atom stereocenters. The van der Waals surface area contributed by atoms with Crippen molar-refractivity contribution in [2.45, 2.75) is 26.4 Å². The van der Waals surface area contributed by atoms with Gasteiger partial charge in [-0.2, -0.15) is 0 Å². The Morgan fingerprint density at radius 2 is 2.08 bits per heavy atom. The molecule has 4 heteroatoms. The van der Waals surface area contributed by atoms with Crippen LogP contribution in [0.4, 0.5) is 0 Å². The van der Waals surface area contributed by atoms with Crippen molar-refractivity contribution in [2.75, 3.05) is 6.61 Å². The zero-order valence-electron chi connectivity index (χ0n) is 14.3. The average Bonchev–Trinajstić information content (AvgIpc) is 2.72. The Labute approximate surface area is 160 Å². The highest BCUT2D eigenvalue weighted by atomic mass is 127. The van der Waals surface area contributed by atoms with E-state index < -0.39 is 0 Å². The normalized spacial score (nSPS) is 30.5. The van der Waals surface area contributed by atoms with E-state index in [-0.39, 0.29) is 11.8 Å². The summed E-state index contributed by atoms with van der Waals surface area (Å²) in [5.74, 6) is 2.65. The molecular weight excluding hydrogens is 430 g/mol. The van der Waals surface area contributed by atoms with E-state index in [1.165, 1.54) is 11.1 Å². The fourth-order valence-electron chi connectivity index (χ4n) is 4.29. The van der Waals surface area contributed by atoms with Crippen LogP contribution >= 0.6 is 31.8 Å². The molecule has 1 saturated carbocycles. The van der Waals surface area contributed by atoms with E-state index in [1.807, 2.05) is 24.3 Å². The molecule has 2 aliphatic rings. The highest BCUT2D eigenvalue weighted by molar-refractivity contribution is 14.1. The Morgan fingerprint density at radius 3 is 2.75 bits per heavy atom. The fourth-order valence-corrected chi connectivity index (χ4v) is 5.28. The van der Waals surface area contributed by atoms with Crippen molar-refractivity contribution in [3.8, 4) is 5.75 Å². The zero-order chi connectivity index (χ0) is 17.4. The van der Waals surface area contributed by atoms with Gasteiger partial charge in [-0.3, -0.25) is 4.79 Å². The minimum Gasteiger partial charge on any atom is -0.488 e. The minimum atomic E-state index is 0.156. The van der Waals surface area contributed by atoms with Crippen LogP contribution in [0, 0.1) is 27.2 Å². The first-order valence-electron chi connectivity index (χ1n) is 8.47. The van der Waals surface area contributed by atoms with Crippen molar-refractivity contribution in [1.29, 1.82) is 0 Å². The SMILES string of the molecule is CC1=C(/C=C/COc2ccccc2I)[C@H](C)[C@H]2C1C(=O)[C@@H]2[C@@H](C)P. The van der Waals surface area contributed by atoms with Crippen LogP contribution in [0.25, 0.3) is 0 Å². The number of carbonyl (C=O) groups is 1. The Balaban J connectivity index is 1.66. The molecule has 1 aromatic rings. The lowest BCUT2D eigenvalue weighted by atomic mass is 9.60. The molecule has 0 amide bonds. The molecule has 0 spiro atoms. The second-order valence-corrected chi connectivity index (χ2v) is 9.13. The lowest BCUT2D eigenvalue weighted by Gasteiger charge is -2.44. The predicted molar refractivity (Wildman–Crippen MR) is 110 cm³/mol. The first kappa shape index (κ1) is 18.1. The molecule has 0 aliphatic heterocycles. The van der Waals surface area contributed by atoms with Crippen LogP contribution < -0.4 is 4.74 Å². The van der Waals surface area contributed by atoms with E-state index in [4.69, 9.17) is 4.74 Å². The predicted octanol–water partition coefficient (Wildman–Crippen LogP) is 4.89. The van der Waals surface area contributed by atoms with Gasteiger partial charge in [-0.15, -0.1) is 9.24 Å². The monoisotopic (exact) mass is 454 g/mol. The van der Waals surface area contributed by atoms with Gasteiger partial charge in [0.1, 0.15) is 18.1 Å². The van der Waals surface area contributed by atoms with Crippen LogP contribution in [-0.2, 0) is 4.79 Å². The Bertz CT molecular complexity index is 707. The van der Waals surface area contributed by atoms with Gasteiger partial charge in [-0.05, 0) is 70.8 Å². The van der Waals surface area contributed by atoms with Gasteiger partial charge in [0.15, 0.2) is 0 Å². The molecule has 0 heterocycles.